The summed E-state index contributed by atoms with van der Waals surface area (Å²) in [6, 6.07) is 7.00. The van der Waals surface area contributed by atoms with Gasteiger partial charge in [-0.25, -0.2) is 4.39 Å². The van der Waals surface area contributed by atoms with E-state index in [4.69, 9.17) is 10.5 Å². The number of hydrogen-bond acceptors (Lipinski definition) is 2. The Labute approximate surface area is 90.2 Å². The number of ether oxygens (including phenoxy) is 1. The minimum Gasteiger partial charge on any atom is -0.497 e. The van der Waals surface area contributed by atoms with Gasteiger partial charge in [-0.1, -0.05) is 19.1 Å². The Morgan fingerprint density at radius 2 is 1.93 bits per heavy atom. The summed E-state index contributed by atoms with van der Waals surface area (Å²) < 4.78 is 19.4. The Balaban J connectivity index is 2.94. The standard InChI is InChI=1S/C12H18FNO/c1-9(8-14)12(2,13)10-4-6-11(15-3)7-5-10/h4-7,9H,8,14H2,1-3H3. The van der Waals surface area contributed by atoms with E-state index in [1.54, 1.807) is 38.3 Å². The highest BCUT2D eigenvalue weighted by Crippen LogP contribution is 2.33. The van der Waals surface area contributed by atoms with Gasteiger partial charge in [0.1, 0.15) is 11.4 Å². The predicted octanol–water partition coefficient (Wildman–Crippen LogP) is 2.47. The van der Waals surface area contributed by atoms with Crippen molar-refractivity contribution in [3.8, 4) is 5.75 Å². The van der Waals surface area contributed by atoms with E-state index in [1.165, 1.54) is 0 Å². The quantitative estimate of drug-likeness (QED) is 0.830. The summed E-state index contributed by atoms with van der Waals surface area (Å²) in [5.74, 6) is 0.529. The van der Waals surface area contributed by atoms with E-state index in [0.717, 1.165) is 5.75 Å². The Morgan fingerprint density at radius 1 is 1.40 bits per heavy atom. The molecule has 0 aliphatic rings. The van der Waals surface area contributed by atoms with E-state index < -0.39 is 5.67 Å². The molecular formula is C12H18FNO. The summed E-state index contributed by atoms with van der Waals surface area (Å²) in [5, 5.41) is 0. The molecule has 0 aliphatic heterocycles. The van der Waals surface area contributed by atoms with Gasteiger partial charge in [0.25, 0.3) is 0 Å². The van der Waals surface area contributed by atoms with Gasteiger partial charge in [-0.3, -0.25) is 0 Å². The van der Waals surface area contributed by atoms with Crippen molar-refractivity contribution < 1.29 is 9.13 Å². The van der Waals surface area contributed by atoms with E-state index in [0.29, 0.717) is 12.1 Å². The summed E-state index contributed by atoms with van der Waals surface area (Å²) in [5.41, 5.74) is 4.74. The number of benzene rings is 1. The van der Waals surface area contributed by atoms with Crippen LogP contribution < -0.4 is 10.5 Å². The minimum atomic E-state index is -1.39. The molecule has 1 rings (SSSR count). The van der Waals surface area contributed by atoms with Gasteiger partial charge in [-0.05, 0) is 31.2 Å². The molecule has 0 saturated carbocycles. The van der Waals surface area contributed by atoms with Crippen LogP contribution in [0.1, 0.15) is 19.4 Å². The first-order chi connectivity index (χ1) is 7.02. The second-order valence-corrected chi connectivity index (χ2v) is 3.94. The molecule has 2 N–H and O–H groups in total. The Morgan fingerprint density at radius 3 is 2.33 bits per heavy atom. The first-order valence-corrected chi connectivity index (χ1v) is 5.06. The van der Waals surface area contributed by atoms with Crippen LogP contribution in [0.4, 0.5) is 4.39 Å². The minimum absolute atomic E-state index is 0.203. The first-order valence-electron chi connectivity index (χ1n) is 5.06. The molecule has 84 valence electrons. The molecule has 0 aliphatic carbocycles. The van der Waals surface area contributed by atoms with Crippen molar-refractivity contribution in [2.24, 2.45) is 11.7 Å². The second kappa shape index (κ2) is 4.62. The van der Waals surface area contributed by atoms with E-state index in [-0.39, 0.29) is 5.92 Å². The average Bonchev–Trinajstić information content (AvgIpc) is 2.28. The third kappa shape index (κ3) is 2.48. The molecule has 2 unspecified atom stereocenters. The zero-order chi connectivity index (χ0) is 11.5. The molecule has 3 heteroatoms. The zero-order valence-electron chi connectivity index (χ0n) is 9.46. The van der Waals surface area contributed by atoms with Gasteiger partial charge >= 0.3 is 0 Å². The monoisotopic (exact) mass is 211 g/mol. The van der Waals surface area contributed by atoms with Gasteiger partial charge in [0.15, 0.2) is 0 Å². The normalized spacial score (nSPS) is 16.9. The number of nitrogens with two attached hydrogens (primary N) is 1. The second-order valence-electron chi connectivity index (χ2n) is 3.94. The van der Waals surface area contributed by atoms with Crippen molar-refractivity contribution >= 4 is 0 Å². The molecule has 0 bridgehead atoms. The molecule has 1 aromatic rings. The maximum atomic E-state index is 14.3. The molecule has 15 heavy (non-hydrogen) atoms. The molecule has 2 atom stereocenters. The molecule has 0 saturated heterocycles. The van der Waals surface area contributed by atoms with Crippen molar-refractivity contribution in [2.75, 3.05) is 13.7 Å². The van der Waals surface area contributed by atoms with Gasteiger partial charge in [-0.2, -0.15) is 0 Å². The fraction of sp³-hybridized carbons (Fsp3) is 0.500. The van der Waals surface area contributed by atoms with Crippen molar-refractivity contribution in [3.05, 3.63) is 29.8 Å². The number of alkyl halides is 1. The highest BCUT2D eigenvalue weighted by atomic mass is 19.1. The van der Waals surface area contributed by atoms with Crippen LogP contribution >= 0.6 is 0 Å². The highest BCUT2D eigenvalue weighted by molar-refractivity contribution is 5.30. The van der Waals surface area contributed by atoms with Gasteiger partial charge in [0.05, 0.1) is 7.11 Å². The topological polar surface area (TPSA) is 35.2 Å². The molecule has 1 aromatic carbocycles. The maximum absolute atomic E-state index is 14.3. The Kier molecular flexibility index (Phi) is 3.69. The summed E-state index contributed by atoms with van der Waals surface area (Å²) >= 11 is 0. The number of halogens is 1. The van der Waals surface area contributed by atoms with Gasteiger partial charge in [0, 0.05) is 5.92 Å². The van der Waals surface area contributed by atoms with Crippen molar-refractivity contribution in [1.82, 2.24) is 0 Å². The largest absolute Gasteiger partial charge is 0.497 e. The zero-order valence-corrected chi connectivity index (χ0v) is 9.46. The molecular weight excluding hydrogens is 193 g/mol. The number of rotatable bonds is 4. The van der Waals surface area contributed by atoms with Crippen LogP contribution in [0.25, 0.3) is 0 Å². The number of methoxy groups -OCH3 is 1. The third-order valence-electron chi connectivity index (χ3n) is 2.93. The molecule has 0 aromatic heterocycles. The molecule has 0 spiro atoms. The van der Waals surface area contributed by atoms with Crippen molar-refractivity contribution in [1.29, 1.82) is 0 Å². The summed E-state index contributed by atoms with van der Waals surface area (Å²) in [4.78, 5) is 0. The molecule has 2 nitrogen and oxygen atoms in total. The smallest absolute Gasteiger partial charge is 0.136 e. The summed E-state index contributed by atoms with van der Waals surface area (Å²) in [6.07, 6.45) is 0. The van der Waals surface area contributed by atoms with Crippen LogP contribution in [0.2, 0.25) is 0 Å². The molecule has 0 radical (unpaired) electrons. The Hall–Kier alpha value is -1.09. The van der Waals surface area contributed by atoms with E-state index in [1.807, 2.05) is 6.92 Å². The molecule has 0 amide bonds. The van der Waals surface area contributed by atoms with Gasteiger partial charge in [0.2, 0.25) is 0 Å². The molecule has 0 fully saturated rings. The van der Waals surface area contributed by atoms with Crippen LogP contribution in [0.3, 0.4) is 0 Å². The highest BCUT2D eigenvalue weighted by Gasteiger charge is 2.31. The van der Waals surface area contributed by atoms with Crippen molar-refractivity contribution in [3.63, 3.8) is 0 Å². The summed E-state index contributed by atoms with van der Waals surface area (Å²) in [6.45, 7) is 3.70. The maximum Gasteiger partial charge on any atom is 0.136 e. The lowest BCUT2D eigenvalue weighted by Gasteiger charge is -2.27. The van der Waals surface area contributed by atoms with Crippen LogP contribution in [0, 0.1) is 5.92 Å². The Bertz CT molecular complexity index is 308. The fourth-order valence-electron chi connectivity index (χ4n) is 1.42. The lowest BCUT2D eigenvalue weighted by atomic mass is 9.86. The lowest BCUT2D eigenvalue weighted by Crippen LogP contribution is -2.30. The van der Waals surface area contributed by atoms with E-state index in [9.17, 15) is 4.39 Å². The summed E-state index contributed by atoms with van der Waals surface area (Å²) in [7, 11) is 1.59. The van der Waals surface area contributed by atoms with E-state index in [2.05, 4.69) is 0 Å². The van der Waals surface area contributed by atoms with Crippen LogP contribution in [-0.4, -0.2) is 13.7 Å². The SMILES string of the molecule is COc1ccc(C(C)(F)C(C)CN)cc1. The van der Waals surface area contributed by atoms with Crippen LogP contribution in [-0.2, 0) is 5.67 Å². The fourth-order valence-corrected chi connectivity index (χ4v) is 1.42. The van der Waals surface area contributed by atoms with Gasteiger partial charge in [-0.15, -0.1) is 0 Å². The lowest BCUT2D eigenvalue weighted by molar-refractivity contribution is 0.117. The van der Waals surface area contributed by atoms with Gasteiger partial charge < -0.3 is 10.5 Å². The van der Waals surface area contributed by atoms with Crippen LogP contribution in [0.15, 0.2) is 24.3 Å². The average molecular weight is 211 g/mol. The van der Waals surface area contributed by atoms with Crippen LogP contribution in [0.5, 0.6) is 5.75 Å². The predicted molar refractivity (Wildman–Crippen MR) is 59.7 cm³/mol. The number of hydrogen-bond donors (Lipinski definition) is 1. The molecule has 0 heterocycles. The van der Waals surface area contributed by atoms with E-state index >= 15 is 0 Å². The third-order valence-corrected chi connectivity index (χ3v) is 2.93. The van der Waals surface area contributed by atoms with Crippen molar-refractivity contribution in [2.45, 2.75) is 19.5 Å². The first kappa shape index (κ1) is 12.0.